The summed E-state index contributed by atoms with van der Waals surface area (Å²) in [7, 11) is 0. The number of primary amides is 1. The molecule has 0 atom stereocenters. The van der Waals surface area contributed by atoms with Crippen LogP contribution in [0.3, 0.4) is 0 Å². The zero-order valence-corrected chi connectivity index (χ0v) is 6.60. The minimum absolute atomic E-state index is 0.432. The van der Waals surface area contributed by atoms with Crippen LogP contribution < -0.4 is 5.73 Å². The number of rotatable bonds is 1. The monoisotopic (exact) mass is 208 g/mol. The smallest absolute Gasteiger partial charge is 0.364 e. The number of carbonyl (C=O) groups is 1. The molecule has 1 aromatic heterocycles. The molecule has 2 N–H and O–H groups in total. The molecule has 0 fully saturated rings. The van der Waals surface area contributed by atoms with Gasteiger partial charge in [0.25, 0.3) is 5.91 Å². The van der Waals surface area contributed by atoms with Gasteiger partial charge in [-0.1, -0.05) is 0 Å². The molecule has 0 spiro atoms. The van der Waals surface area contributed by atoms with Crippen LogP contribution in [0.25, 0.3) is 0 Å². The van der Waals surface area contributed by atoms with E-state index in [4.69, 9.17) is 0 Å². The highest BCUT2D eigenvalue weighted by molar-refractivity contribution is 5.91. The Morgan fingerprint density at radius 3 is 2.36 bits per heavy atom. The van der Waals surface area contributed by atoms with Crippen LogP contribution in [0, 0.1) is 5.82 Å². The fourth-order valence-corrected chi connectivity index (χ4v) is 0.773. The van der Waals surface area contributed by atoms with Gasteiger partial charge >= 0.3 is 6.18 Å². The van der Waals surface area contributed by atoms with Crippen molar-refractivity contribution in [3.8, 4) is 0 Å². The fourth-order valence-electron chi connectivity index (χ4n) is 0.773. The van der Waals surface area contributed by atoms with Gasteiger partial charge in [0.2, 0.25) is 0 Å². The molecule has 0 aliphatic carbocycles. The number of hydrogen-bond donors (Lipinski definition) is 1. The number of nitrogens with zero attached hydrogens (tertiary/aromatic N) is 1. The zero-order chi connectivity index (χ0) is 10.9. The van der Waals surface area contributed by atoms with Crippen molar-refractivity contribution in [3.63, 3.8) is 0 Å². The summed E-state index contributed by atoms with van der Waals surface area (Å²) in [4.78, 5) is 13.2. The van der Waals surface area contributed by atoms with Crippen LogP contribution >= 0.6 is 0 Å². The molecule has 1 rings (SSSR count). The second-order valence-corrected chi connectivity index (χ2v) is 2.39. The van der Waals surface area contributed by atoms with E-state index < -0.39 is 29.3 Å². The standard InChI is InChI=1S/C7H4F4N2O/c8-3-1-2-4(7(9,10)11)13-5(3)6(12)14/h1-2H,(H2,12,14). The molecule has 0 aliphatic rings. The summed E-state index contributed by atoms with van der Waals surface area (Å²) in [5.41, 5.74) is 2.25. The lowest BCUT2D eigenvalue weighted by molar-refractivity contribution is -0.141. The van der Waals surface area contributed by atoms with Gasteiger partial charge in [0.1, 0.15) is 5.69 Å². The molecule has 0 aromatic carbocycles. The van der Waals surface area contributed by atoms with Crippen molar-refractivity contribution in [3.05, 3.63) is 29.3 Å². The van der Waals surface area contributed by atoms with Crippen LogP contribution in [0.4, 0.5) is 17.6 Å². The maximum atomic E-state index is 12.7. The molecule has 0 saturated heterocycles. The van der Waals surface area contributed by atoms with E-state index in [1.54, 1.807) is 0 Å². The summed E-state index contributed by atoms with van der Waals surface area (Å²) in [5.74, 6) is -2.51. The Hall–Kier alpha value is -1.66. The first kappa shape index (κ1) is 10.4. The molecule has 1 aromatic rings. The second-order valence-electron chi connectivity index (χ2n) is 2.39. The number of alkyl halides is 3. The summed E-state index contributed by atoms with van der Waals surface area (Å²) < 4.78 is 48.8. The van der Waals surface area contributed by atoms with Gasteiger partial charge in [-0.25, -0.2) is 9.37 Å². The van der Waals surface area contributed by atoms with E-state index in [1.165, 1.54) is 0 Å². The van der Waals surface area contributed by atoms with Crippen LogP contribution in [0.15, 0.2) is 12.1 Å². The van der Waals surface area contributed by atoms with Gasteiger partial charge in [-0.2, -0.15) is 13.2 Å². The maximum Gasteiger partial charge on any atom is 0.433 e. The molecule has 0 saturated carbocycles. The lowest BCUT2D eigenvalue weighted by Crippen LogP contribution is -2.18. The minimum atomic E-state index is -4.72. The van der Waals surface area contributed by atoms with E-state index >= 15 is 0 Å². The molecule has 7 heteroatoms. The summed E-state index contributed by atoms with van der Waals surface area (Å²) >= 11 is 0. The van der Waals surface area contributed by atoms with E-state index in [1.807, 2.05) is 0 Å². The van der Waals surface area contributed by atoms with Gasteiger partial charge in [0.15, 0.2) is 11.5 Å². The molecule has 0 unspecified atom stereocenters. The highest BCUT2D eigenvalue weighted by Crippen LogP contribution is 2.27. The van der Waals surface area contributed by atoms with Crippen molar-refractivity contribution in [2.45, 2.75) is 6.18 Å². The predicted octanol–water partition coefficient (Wildman–Crippen LogP) is 1.34. The van der Waals surface area contributed by atoms with Crippen LogP contribution in [-0.4, -0.2) is 10.9 Å². The quantitative estimate of drug-likeness (QED) is 0.708. The van der Waals surface area contributed by atoms with Crippen molar-refractivity contribution in [2.24, 2.45) is 5.73 Å². The Labute approximate surface area is 75.5 Å². The topological polar surface area (TPSA) is 56.0 Å². The molecule has 0 radical (unpaired) electrons. The highest BCUT2D eigenvalue weighted by atomic mass is 19.4. The van der Waals surface area contributed by atoms with E-state index in [0.29, 0.717) is 12.1 Å². The Kier molecular flexibility index (Phi) is 2.41. The fraction of sp³-hybridized carbons (Fsp3) is 0.143. The average molecular weight is 208 g/mol. The van der Waals surface area contributed by atoms with Crippen molar-refractivity contribution >= 4 is 5.91 Å². The molecule has 0 aliphatic heterocycles. The SMILES string of the molecule is NC(=O)c1nc(C(F)(F)F)ccc1F. The maximum absolute atomic E-state index is 12.7. The molecule has 0 bridgehead atoms. The number of pyridine rings is 1. The lowest BCUT2D eigenvalue weighted by atomic mass is 10.2. The molecule has 1 amide bonds. The summed E-state index contributed by atoms with van der Waals surface area (Å²) in [6, 6.07) is 0.928. The molecule has 3 nitrogen and oxygen atoms in total. The van der Waals surface area contributed by atoms with Crippen molar-refractivity contribution in [1.29, 1.82) is 0 Å². The zero-order valence-electron chi connectivity index (χ0n) is 6.60. The van der Waals surface area contributed by atoms with Gasteiger partial charge in [-0.3, -0.25) is 4.79 Å². The first-order valence-corrected chi connectivity index (χ1v) is 3.36. The predicted molar refractivity (Wildman–Crippen MR) is 37.7 cm³/mol. The largest absolute Gasteiger partial charge is 0.433 e. The van der Waals surface area contributed by atoms with Crippen LogP contribution in [-0.2, 0) is 6.18 Å². The Morgan fingerprint density at radius 2 is 1.93 bits per heavy atom. The van der Waals surface area contributed by atoms with Crippen molar-refractivity contribution < 1.29 is 22.4 Å². The molecular formula is C7H4F4N2O. The molecule has 14 heavy (non-hydrogen) atoms. The first-order chi connectivity index (χ1) is 6.32. The van der Waals surface area contributed by atoms with Crippen molar-refractivity contribution in [2.75, 3.05) is 0 Å². The van der Waals surface area contributed by atoms with Crippen LogP contribution in [0.2, 0.25) is 0 Å². The van der Waals surface area contributed by atoms with Crippen molar-refractivity contribution in [1.82, 2.24) is 4.98 Å². The number of carbonyl (C=O) groups excluding carboxylic acids is 1. The number of halogens is 4. The normalized spacial score (nSPS) is 11.4. The van der Waals surface area contributed by atoms with Gasteiger partial charge in [0.05, 0.1) is 0 Å². The van der Waals surface area contributed by atoms with Gasteiger partial charge in [-0.15, -0.1) is 0 Å². The van der Waals surface area contributed by atoms with Gasteiger partial charge < -0.3 is 5.73 Å². The third-order valence-corrected chi connectivity index (χ3v) is 1.37. The number of nitrogens with two attached hydrogens (primary N) is 1. The summed E-state index contributed by atoms with van der Waals surface area (Å²) in [5, 5.41) is 0. The second kappa shape index (κ2) is 3.24. The first-order valence-electron chi connectivity index (χ1n) is 3.36. The van der Waals surface area contributed by atoms with E-state index in [0.717, 1.165) is 0 Å². The third kappa shape index (κ3) is 1.98. The molecular weight excluding hydrogens is 204 g/mol. The number of aromatic nitrogens is 1. The third-order valence-electron chi connectivity index (χ3n) is 1.37. The van der Waals surface area contributed by atoms with Crippen LogP contribution in [0.1, 0.15) is 16.2 Å². The van der Waals surface area contributed by atoms with Crippen LogP contribution in [0.5, 0.6) is 0 Å². The number of hydrogen-bond acceptors (Lipinski definition) is 2. The lowest BCUT2D eigenvalue weighted by Gasteiger charge is -2.06. The Morgan fingerprint density at radius 1 is 1.36 bits per heavy atom. The average Bonchev–Trinajstić information content (AvgIpc) is 2.02. The van der Waals surface area contributed by atoms with Gasteiger partial charge in [-0.05, 0) is 12.1 Å². The van der Waals surface area contributed by atoms with Gasteiger partial charge in [0, 0.05) is 0 Å². The summed E-state index contributed by atoms with van der Waals surface area (Å²) in [6.45, 7) is 0. The Balaban J connectivity index is 3.27. The number of amides is 1. The minimum Gasteiger partial charge on any atom is -0.364 e. The van der Waals surface area contributed by atoms with E-state index in [9.17, 15) is 22.4 Å². The molecule has 76 valence electrons. The summed E-state index contributed by atoms with van der Waals surface area (Å²) in [6.07, 6.45) is -4.72. The van der Waals surface area contributed by atoms with E-state index in [-0.39, 0.29) is 0 Å². The van der Waals surface area contributed by atoms with E-state index in [2.05, 4.69) is 10.7 Å². The Bertz CT molecular complexity index is 374. The highest BCUT2D eigenvalue weighted by Gasteiger charge is 2.33. The molecule has 1 heterocycles.